The summed E-state index contributed by atoms with van der Waals surface area (Å²) in [6, 6.07) is 5.89. The van der Waals surface area contributed by atoms with E-state index in [4.69, 9.17) is 4.98 Å². The lowest BCUT2D eigenvalue weighted by atomic mass is 9.97. The number of thiazole rings is 1. The second kappa shape index (κ2) is 9.51. The molecule has 3 aromatic heterocycles. The number of benzene rings is 1. The van der Waals surface area contributed by atoms with Crippen LogP contribution in [0.1, 0.15) is 34.4 Å². The van der Waals surface area contributed by atoms with Crippen molar-refractivity contribution in [3.8, 4) is 5.69 Å². The molecule has 180 valence electrons. The number of fused-ring (bicyclic) bond motifs is 3. The molecule has 1 aromatic carbocycles. The minimum absolute atomic E-state index is 0.0265. The van der Waals surface area contributed by atoms with Gasteiger partial charge in [0.15, 0.2) is 10.3 Å². The van der Waals surface area contributed by atoms with Gasteiger partial charge in [0.25, 0.3) is 5.56 Å². The smallest absolute Gasteiger partial charge is 0.301 e. The zero-order valence-corrected chi connectivity index (χ0v) is 21.4. The maximum Gasteiger partial charge on any atom is 0.345 e. The number of nitrogens with zero attached hydrogens (tertiary/aromatic N) is 4. The Bertz CT molecular complexity index is 1540. The topological polar surface area (TPSA) is 120 Å². The summed E-state index contributed by atoms with van der Waals surface area (Å²) < 4.78 is 1.62. The fourth-order valence-corrected chi connectivity index (χ4v) is 7.00. The number of aromatic nitrogens is 3. The van der Waals surface area contributed by atoms with Crippen molar-refractivity contribution in [2.75, 3.05) is 11.1 Å². The molecule has 9 nitrogen and oxygen atoms in total. The molecule has 1 N–H and O–H groups in total. The third kappa shape index (κ3) is 4.60. The van der Waals surface area contributed by atoms with E-state index in [2.05, 4.69) is 10.3 Å². The van der Waals surface area contributed by atoms with Crippen molar-refractivity contribution in [1.82, 2.24) is 14.5 Å². The van der Waals surface area contributed by atoms with Crippen molar-refractivity contribution < 1.29 is 9.72 Å². The molecule has 0 unspecified atom stereocenters. The van der Waals surface area contributed by atoms with Gasteiger partial charge >= 0.3 is 5.00 Å². The molecule has 0 bridgehead atoms. The van der Waals surface area contributed by atoms with Gasteiger partial charge < -0.3 is 5.32 Å². The van der Waals surface area contributed by atoms with Gasteiger partial charge in [0.1, 0.15) is 11.0 Å². The zero-order chi connectivity index (χ0) is 24.7. The number of amides is 1. The van der Waals surface area contributed by atoms with Crippen molar-refractivity contribution >= 4 is 60.7 Å². The van der Waals surface area contributed by atoms with Gasteiger partial charge in [0, 0.05) is 4.88 Å². The Morgan fingerprint density at radius 2 is 2.06 bits per heavy atom. The van der Waals surface area contributed by atoms with Crippen LogP contribution in [0, 0.1) is 24.0 Å². The van der Waals surface area contributed by atoms with E-state index in [1.165, 1.54) is 4.88 Å². The van der Waals surface area contributed by atoms with E-state index in [1.54, 1.807) is 15.9 Å². The van der Waals surface area contributed by atoms with E-state index in [0.717, 1.165) is 77.4 Å². The first-order valence-electron chi connectivity index (χ1n) is 11.0. The number of carbonyl (C=O) groups is 1. The van der Waals surface area contributed by atoms with Gasteiger partial charge in [-0.2, -0.15) is 0 Å². The minimum atomic E-state index is -0.551. The number of nitro groups is 1. The van der Waals surface area contributed by atoms with Crippen LogP contribution in [0.15, 0.2) is 34.3 Å². The van der Waals surface area contributed by atoms with Gasteiger partial charge in [-0.25, -0.2) is 9.97 Å². The Labute approximate surface area is 212 Å². The summed E-state index contributed by atoms with van der Waals surface area (Å²) in [6.45, 7) is 3.96. The molecule has 4 aromatic rings. The SMILES string of the molecule is Cc1ccc(-n2c(SCC(=O)Nc3ncc([N+](=O)[O-])s3)nc3sc4c(c3c2=O)CCCC4)c(C)c1. The van der Waals surface area contributed by atoms with Crippen molar-refractivity contribution in [3.05, 3.63) is 66.4 Å². The summed E-state index contributed by atoms with van der Waals surface area (Å²) in [5.74, 6) is -0.410. The van der Waals surface area contributed by atoms with Crippen molar-refractivity contribution in [1.29, 1.82) is 0 Å². The molecule has 0 radical (unpaired) electrons. The Hall–Kier alpha value is -3.09. The fraction of sp³-hybridized carbons (Fsp3) is 0.304. The van der Waals surface area contributed by atoms with Gasteiger partial charge in [-0.3, -0.25) is 24.3 Å². The number of hydrogen-bond donors (Lipinski definition) is 1. The molecule has 1 aliphatic rings. The largest absolute Gasteiger partial charge is 0.345 e. The maximum atomic E-state index is 13.9. The quantitative estimate of drug-likeness (QED) is 0.161. The first-order valence-corrected chi connectivity index (χ1v) is 13.6. The molecule has 1 amide bonds. The highest BCUT2D eigenvalue weighted by Gasteiger charge is 2.24. The second-order valence-electron chi connectivity index (χ2n) is 8.31. The molecule has 1 aliphatic carbocycles. The lowest BCUT2D eigenvalue weighted by Crippen LogP contribution is -2.24. The highest BCUT2D eigenvalue weighted by atomic mass is 32.2. The number of thioether (sulfide) groups is 1. The monoisotopic (exact) mass is 527 g/mol. The minimum Gasteiger partial charge on any atom is -0.301 e. The maximum absolute atomic E-state index is 13.9. The molecule has 0 fully saturated rings. The number of anilines is 1. The number of nitrogens with one attached hydrogen (secondary N) is 1. The van der Waals surface area contributed by atoms with Crippen molar-refractivity contribution in [2.24, 2.45) is 0 Å². The van der Waals surface area contributed by atoms with E-state index in [9.17, 15) is 19.7 Å². The summed E-state index contributed by atoms with van der Waals surface area (Å²) in [7, 11) is 0. The number of carbonyl (C=O) groups excluding carboxylic acids is 1. The molecule has 12 heteroatoms. The van der Waals surface area contributed by atoms with E-state index in [0.29, 0.717) is 15.4 Å². The fourth-order valence-electron chi connectivity index (χ4n) is 4.25. The van der Waals surface area contributed by atoms with Crippen LogP contribution in [0.5, 0.6) is 0 Å². The first-order chi connectivity index (χ1) is 16.8. The zero-order valence-electron chi connectivity index (χ0n) is 19.0. The molecule has 0 aliphatic heterocycles. The van der Waals surface area contributed by atoms with Gasteiger partial charge in [-0.15, -0.1) is 11.3 Å². The van der Waals surface area contributed by atoms with Crippen LogP contribution >= 0.6 is 34.4 Å². The predicted octanol–water partition coefficient (Wildman–Crippen LogP) is 5.04. The van der Waals surface area contributed by atoms with Gasteiger partial charge in [0.2, 0.25) is 5.91 Å². The number of hydrogen-bond acceptors (Lipinski definition) is 9. The standard InChI is InChI=1S/C23H21N5O4S3/c1-12-7-8-15(13(2)9-12)27-21(30)19-14-5-3-4-6-16(14)34-20(19)26-23(27)33-11-17(29)25-22-24-10-18(35-22)28(31)32/h7-10H,3-6,11H2,1-2H3,(H,24,25,29). The van der Waals surface area contributed by atoms with Crippen LogP contribution < -0.4 is 10.9 Å². The Kier molecular flexibility index (Phi) is 6.43. The molecule has 0 saturated carbocycles. The van der Waals surface area contributed by atoms with Gasteiger partial charge in [-0.1, -0.05) is 29.5 Å². The molecule has 0 atom stereocenters. The average molecular weight is 528 g/mol. The number of rotatable bonds is 6. The van der Waals surface area contributed by atoms with Crippen LogP contribution in [0.3, 0.4) is 0 Å². The normalized spacial score (nSPS) is 13.1. The van der Waals surface area contributed by atoms with Crippen LogP contribution in [0.4, 0.5) is 10.1 Å². The third-order valence-electron chi connectivity index (χ3n) is 5.80. The van der Waals surface area contributed by atoms with Crippen LogP contribution in [-0.4, -0.2) is 31.1 Å². The summed E-state index contributed by atoms with van der Waals surface area (Å²) >= 11 is 3.52. The summed E-state index contributed by atoms with van der Waals surface area (Å²) in [5, 5.41) is 14.6. The van der Waals surface area contributed by atoms with E-state index < -0.39 is 4.92 Å². The average Bonchev–Trinajstić information content (AvgIpc) is 3.43. The van der Waals surface area contributed by atoms with Crippen molar-refractivity contribution in [3.63, 3.8) is 0 Å². The second-order valence-corrected chi connectivity index (χ2v) is 11.3. The summed E-state index contributed by atoms with van der Waals surface area (Å²) in [6.07, 6.45) is 5.13. The summed E-state index contributed by atoms with van der Waals surface area (Å²) in [5.41, 5.74) is 3.78. The Balaban J connectivity index is 1.52. The molecule has 5 rings (SSSR count). The van der Waals surface area contributed by atoms with E-state index >= 15 is 0 Å². The van der Waals surface area contributed by atoms with Gasteiger partial charge in [0.05, 0.1) is 21.7 Å². The highest BCUT2D eigenvalue weighted by molar-refractivity contribution is 7.99. The third-order valence-corrected chi connectivity index (χ3v) is 8.79. The molecule has 0 saturated heterocycles. The van der Waals surface area contributed by atoms with Gasteiger partial charge in [-0.05, 0) is 68.1 Å². The molecule has 3 heterocycles. The van der Waals surface area contributed by atoms with E-state index in [-0.39, 0.29) is 27.4 Å². The van der Waals surface area contributed by atoms with Crippen LogP contribution in [0.25, 0.3) is 15.9 Å². The molecule has 0 spiro atoms. The molecule has 35 heavy (non-hydrogen) atoms. The van der Waals surface area contributed by atoms with Crippen LogP contribution in [-0.2, 0) is 17.6 Å². The Morgan fingerprint density at radius 1 is 1.26 bits per heavy atom. The summed E-state index contributed by atoms with van der Waals surface area (Å²) in [4.78, 5) is 47.4. The highest BCUT2D eigenvalue weighted by Crippen LogP contribution is 2.35. The first kappa shape index (κ1) is 23.6. The van der Waals surface area contributed by atoms with Crippen LogP contribution in [0.2, 0.25) is 0 Å². The lowest BCUT2D eigenvalue weighted by molar-refractivity contribution is -0.380. The van der Waals surface area contributed by atoms with Crippen molar-refractivity contribution in [2.45, 2.75) is 44.7 Å². The Morgan fingerprint density at radius 3 is 2.80 bits per heavy atom. The van der Waals surface area contributed by atoms with E-state index in [1.807, 2.05) is 32.0 Å². The number of thiophene rings is 1. The lowest BCUT2D eigenvalue weighted by Gasteiger charge is -2.15. The number of aryl methyl sites for hydroxylation is 4. The molecular weight excluding hydrogens is 506 g/mol. The predicted molar refractivity (Wildman–Crippen MR) is 139 cm³/mol. The molecular formula is C23H21N5O4S3.